The molecule has 1 aliphatic rings. The molecular formula is C4H7N2. The van der Waals surface area contributed by atoms with Gasteiger partial charge in [-0.25, -0.2) is 5.32 Å². The smallest absolute Gasteiger partial charge is 0.0939 e. The largest absolute Gasteiger partial charge is 0.313 e. The number of nitrogens with one attached hydrogen (secondary N) is 1. The third kappa shape index (κ3) is 0.954. The Hall–Kier alpha value is -0.0800. The molecule has 3 radical (unpaired) electrons. The molecule has 0 spiro atoms. The molecule has 1 N–H and O–H groups in total. The second-order valence-electron chi connectivity index (χ2n) is 1.22. The van der Waals surface area contributed by atoms with Crippen LogP contribution in [-0.4, -0.2) is 19.6 Å². The van der Waals surface area contributed by atoms with Gasteiger partial charge in [0, 0.05) is 19.6 Å². The molecule has 0 bridgehead atoms. The Balaban J connectivity index is 2.00. The Morgan fingerprint density at radius 3 is 2.83 bits per heavy atom. The lowest BCUT2D eigenvalue weighted by Gasteiger charge is -2.07. The summed E-state index contributed by atoms with van der Waals surface area (Å²) in [5, 5.41) is 6.94. The zero-order valence-corrected chi connectivity index (χ0v) is 3.57. The highest BCUT2D eigenvalue weighted by Gasteiger charge is 1.95. The van der Waals surface area contributed by atoms with Crippen molar-refractivity contribution in [1.29, 1.82) is 0 Å². The summed E-state index contributed by atoms with van der Waals surface area (Å²) in [6.07, 6.45) is 0. The molecule has 0 atom stereocenters. The van der Waals surface area contributed by atoms with E-state index < -0.39 is 0 Å². The summed E-state index contributed by atoms with van der Waals surface area (Å²) in [7, 11) is 0. The minimum absolute atomic E-state index is 0.833. The van der Waals surface area contributed by atoms with E-state index in [4.69, 9.17) is 0 Å². The fraction of sp³-hybridized carbons (Fsp3) is 0.750. The molecule has 0 aromatic carbocycles. The Morgan fingerprint density at radius 1 is 1.67 bits per heavy atom. The normalized spacial score (nSPS) is 24.0. The monoisotopic (exact) mass is 83.1 g/mol. The van der Waals surface area contributed by atoms with Gasteiger partial charge in [-0.3, -0.25) is 0 Å². The Morgan fingerprint density at radius 2 is 2.67 bits per heavy atom. The molecule has 33 valence electrons. The van der Waals surface area contributed by atoms with E-state index in [-0.39, 0.29) is 0 Å². The summed E-state index contributed by atoms with van der Waals surface area (Å²) in [5.41, 5.74) is 0. The molecule has 0 aromatic rings. The van der Waals surface area contributed by atoms with E-state index in [9.17, 15) is 0 Å². The summed E-state index contributed by atoms with van der Waals surface area (Å²) >= 11 is 0. The molecule has 0 saturated carbocycles. The first-order chi connectivity index (χ1) is 3.00. The maximum absolute atomic E-state index is 3.86. The number of hydrogen-bond acceptors (Lipinski definition) is 1. The molecule has 1 fully saturated rings. The molecule has 0 aliphatic carbocycles. The summed E-state index contributed by atoms with van der Waals surface area (Å²) in [6, 6.07) is 0. The first kappa shape index (κ1) is 4.09. The van der Waals surface area contributed by atoms with Crippen LogP contribution in [0.4, 0.5) is 0 Å². The van der Waals surface area contributed by atoms with Gasteiger partial charge in [-0.1, -0.05) is 0 Å². The molecule has 1 rings (SSSR count). The van der Waals surface area contributed by atoms with Crippen LogP contribution in [0.5, 0.6) is 0 Å². The molecule has 0 unspecified atom stereocenters. The zero-order valence-electron chi connectivity index (χ0n) is 3.57. The average Bonchev–Trinajstić information content (AvgIpc) is 1.72. The van der Waals surface area contributed by atoms with Crippen LogP contribution < -0.4 is 10.6 Å². The fourth-order valence-electron chi connectivity index (χ4n) is 0.414. The number of nitrogens with zero attached hydrogens (tertiary/aromatic N) is 1. The van der Waals surface area contributed by atoms with Crippen molar-refractivity contribution >= 4 is 0 Å². The molecule has 1 heterocycles. The first-order valence-corrected chi connectivity index (χ1v) is 2.10. The molecule has 1 saturated heterocycles. The molecule has 0 amide bonds. The third-order valence-electron chi connectivity index (χ3n) is 0.716. The number of hydrogen-bond donors (Lipinski definition) is 1. The predicted molar refractivity (Wildman–Crippen MR) is 23.1 cm³/mol. The Labute approximate surface area is 37.9 Å². The van der Waals surface area contributed by atoms with Crippen molar-refractivity contribution in [1.82, 2.24) is 10.6 Å². The van der Waals surface area contributed by atoms with Crippen LogP contribution in [0.3, 0.4) is 0 Å². The average molecular weight is 83.1 g/mol. The van der Waals surface area contributed by atoms with E-state index in [2.05, 4.69) is 17.2 Å². The van der Waals surface area contributed by atoms with E-state index in [1.54, 1.807) is 0 Å². The van der Waals surface area contributed by atoms with E-state index in [1.165, 1.54) is 0 Å². The highest BCUT2D eigenvalue weighted by atomic mass is 15.0. The molecule has 2 nitrogen and oxygen atoms in total. The molecule has 1 aliphatic heterocycles. The number of rotatable bonds is 0. The van der Waals surface area contributed by atoms with Gasteiger partial charge in [0.15, 0.2) is 0 Å². The van der Waals surface area contributed by atoms with Gasteiger partial charge in [-0.05, 0) is 0 Å². The lowest BCUT2D eigenvalue weighted by atomic mass is 10.4. The van der Waals surface area contributed by atoms with Crippen molar-refractivity contribution in [2.45, 2.75) is 0 Å². The van der Waals surface area contributed by atoms with Crippen LogP contribution >= 0.6 is 0 Å². The van der Waals surface area contributed by atoms with Gasteiger partial charge in [-0.15, -0.1) is 0 Å². The second-order valence-corrected chi connectivity index (χ2v) is 1.22. The maximum Gasteiger partial charge on any atom is 0.0939 e. The van der Waals surface area contributed by atoms with Crippen LogP contribution in [0.1, 0.15) is 0 Å². The van der Waals surface area contributed by atoms with Crippen molar-refractivity contribution in [2.24, 2.45) is 0 Å². The van der Waals surface area contributed by atoms with E-state index >= 15 is 0 Å². The van der Waals surface area contributed by atoms with Crippen LogP contribution in [-0.2, 0) is 0 Å². The van der Waals surface area contributed by atoms with E-state index in [1.807, 2.05) is 0 Å². The highest BCUT2D eigenvalue weighted by Crippen LogP contribution is 1.74. The van der Waals surface area contributed by atoms with Crippen molar-refractivity contribution in [3.05, 3.63) is 6.54 Å². The summed E-state index contributed by atoms with van der Waals surface area (Å²) in [5.74, 6) is 0. The quantitative estimate of drug-likeness (QED) is 0.409. The molecule has 0 aromatic heterocycles. The summed E-state index contributed by atoms with van der Waals surface area (Å²) in [6.45, 7) is 5.56. The topological polar surface area (TPSA) is 26.1 Å². The van der Waals surface area contributed by atoms with Crippen LogP contribution in [0.2, 0.25) is 0 Å². The minimum Gasteiger partial charge on any atom is -0.313 e. The Bertz CT molecular complexity index is 21.0. The fourth-order valence-corrected chi connectivity index (χ4v) is 0.414. The first-order valence-electron chi connectivity index (χ1n) is 2.10. The third-order valence-corrected chi connectivity index (χ3v) is 0.716. The van der Waals surface area contributed by atoms with E-state index in [0.29, 0.717) is 0 Å². The van der Waals surface area contributed by atoms with Gasteiger partial charge in [0.2, 0.25) is 0 Å². The lowest BCUT2D eigenvalue weighted by molar-refractivity contribution is 0.584. The van der Waals surface area contributed by atoms with Gasteiger partial charge in [-0.2, -0.15) is 0 Å². The maximum atomic E-state index is 3.86. The van der Waals surface area contributed by atoms with Gasteiger partial charge < -0.3 is 5.32 Å². The summed E-state index contributed by atoms with van der Waals surface area (Å²) in [4.78, 5) is 0. The van der Waals surface area contributed by atoms with Gasteiger partial charge in [0.25, 0.3) is 0 Å². The Kier molecular flexibility index (Phi) is 1.47. The lowest BCUT2D eigenvalue weighted by Crippen LogP contribution is -2.31. The summed E-state index contributed by atoms with van der Waals surface area (Å²) < 4.78 is 0. The van der Waals surface area contributed by atoms with Gasteiger partial charge in [0.1, 0.15) is 0 Å². The molecule has 6 heavy (non-hydrogen) atoms. The van der Waals surface area contributed by atoms with Gasteiger partial charge in [0.05, 0.1) is 6.54 Å². The zero-order chi connectivity index (χ0) is 4.24. The predicted octanol–water partition coefficient (Wildman–Crippen LogP) is -0.767. The van der Waals surface area contributed by atoms with Crippen LogP contribution in [0, 0.1) is 6.54 Å². The van der Waals surface area contributed by atoms with Crippen LogP contribution in [0.25, 0.3) is 0 Å². The highest BCUT2D eigenvalue weighted by molar-refractivity contribution is 4.70. The van der Waals surface area contributed by atoms with Crippen molar-refractivity contribution in [3.8, 4) is 0 Å². The van der Waals surface area contributed by atoms with E-state index in [0.717, 1.165) is 19.6 Å². The molecule has 2 heteroatoms. The van der Waals surface area contributed by atoms with Gasteiger partial charge >= 0.3 is 0 Å². The number of piperazine rings is 1. The standard InChI is InChI=1S/C4H7N2/c1-2-6-4-3-5-1/h5H,1-3H2. The second kappa shape index (κ2) is 2.16. The minimum atomic E-state index is 0.833. The van der Waals surface area contributed by atoms with Crippen molar-refractivity contribution < 1.29 is 0 Å². The molecular weight excluding hydrogens is 76.1 g/mol. The van der Waals surface area contributed by atoms with Crippen molar-refractivity contribution in [2.75, 3.05) is 19.6 Å². The van der Waals surface area contributed by atoms with Crippen LogP contribution in [0.15, 0.2) is 0 Å². The van der Waals surface area contributed by atoms with Crippen molar-refractivity contribution in [3.63, 3.8) is 0 Å². The SMILES string of the molecule is [C]1CNCC[N]1.